The first kappa shape index (κ1) is 11.0. The van der Waals surface area contributed by atoms with Gasteiger partial charge in [-0.05, 0) is 29.3 Å². The van der Waals surface area contributed by atoms with E-state index in [1.807, 2.05) is 18.2 Å². The Morgan fingerprint density at radius 1 is 0.833 bits per heavy atom. The fourth-order valence-electron chi connectivity index (χ4n) is 2.09. The summed E-state index contributed by atoms with van der Waals surface area (Å²) < 4.78 is 0. The molecule has 3 nitrogen and oxygen atoms in total. The topological polar surface area (TPSA) is 46.2 Å². The van der Waals surface area contributed by atoms with E-state index in [0.29, 0.717) is 16.1 Å². The molecule has 0 aliphatic carbocycles. The Kier molecular flexibility index (Phi) is 2.42. The van der Waals surface area contributed by atoms with Crippen LogP contribution in [0.15, 0.2) is 42.5 Å². The second kappa shape index (κ2) is 3.96. The Balaban J connectivity index is 2.23. The molecule has 0 aromatic heterocycles. The maximum absolute atomic E-state index is 11.8. The molecule has 0 fully saturated rings. The number of benzene rings is 2. The number of halogens is 1. The predicted octanol–water partition coefficient (Wildman–Crippen LogP) is 2.89. The normalized spacial score (nSPS) is 13.4. The smallest absolute Gasteiger partial charge is 0.259 e. The van der Waals surface area contributed by atoms with E-state index in [4.69, 9.17) is 11.6 Å². The van der Waals surface area contributed by atoms with Crippen LogP contribution in [0, 0.1) is 0 Å². The molecule has 18 heavy (non-hydrogen) atoms. The Labute approximate surface area is 108 Å². The second-order valence-electron chi connectivity index (χ2n) is 4.02. The SMILES string of the molecule is O=C1NC(=O)c2c1cccc2-c1ccc(Cl)cc1. The lowest BCUT2D eigenvalue weighted by molar-refractivity contribution is 0.0880. The minimum atomic E-state index is -0.347. The van der Waals surface area contributed by atoms with Gasteiger partial charge in [0.15, 0.2) is 0 Å². The molecule has 3 rings (SSSR count). The quantitative estimate of drug-likeness (QED) is 0.799. The summed E-state index contributed by atoms with van der Waals surface area (Å²) in [7, 11) is 0. The van der Waals surface area contributed by atoms with Crippen LogP contribution in [0.3, 0.4) is 0 Å². The first-order chi connectivity index (χ1) is 8.66. The van der Waals surface area contributed by atoms with E-state index in [1.54, 1.807) is 24.3 Å². The van der Waals surface area contributed by atoms with Crippen LogP contribution < -0.4 is 5.32 Å². The summed E-state index contributed by atoms with van der Waals surface area (Å²) in [5.74, 6) is -0.689. The van der Waals surface area contributed by atoms with Crippen molar-refractivity contribution < 1.29 is 9.59 Å². The van der Waals surface area contributed by atoms with Gasteiger partial charge in [-0.2, -0.15) is 0 Å². The molecular formula is C14H8ClNO2. The minimum absolute atomic E-state index is 0.342. The van der Waals surface area contributed by atoms with Gasteiger partial charge in [-0.15, -0.1) is 0 Å². The Hall–Kier alpha value is -2.13. The van der Waals surface area contributed by atoms with Gasteiger partial charge in [0.05, 0.1) is 11.1 Å². The Morgan fingerprint density at radius 3 is 2.22 bits per heavy atom. The zero-order valence-corrected chi connectivity index (χ0v) is 9.99. The zero-order chi connectivity index (χ0) is 12.7. The van der Waals surface area contributed by atoms with Crippen LogP contribution in [-0.4, -0.2) is 11.8 Å². The third kappa shape index (κ3) is 1.60. The third-order valence-electron chi connectivity index (χ3n) is 2.92. The van der Waals surface area contributed by atoms with Crippen molar-refractivity contribution in [3.05, 3.63) is 58.6 Å². The number of carbonyl (C=O) groups excluding carboxylic acids is 2. The van der Waals surface area contributed by atoms with E-state index in [1.165, 1.54) is 0 Å². The molecule has 0 radical (unpaired) electrons. The van der Waals surface area contributed by atoms with Crippen LogP contribution in [0.5, 0.6) is 0 Å². The molecule has 2 amide bonds. The summed E-state index contributed by atoms with van der Waals surface area (Å²) in [6.45, 7) is 0. The van der Waals surface area contributed by atoms with Gasteiger partial charge in [-0.3, -0.25) is 14.9 Å². The maximum atomic E-state index is 11.8. The molecule has 0 bridgehead atoms. The van der Waals surface area contributed by atoms with Crippen molar-refractivity contribution in [3.63, 3.8) is 0 Å². The zero-order valence-electron chi connectivity index (χ0n) is 9.24. The highest BCUT2D eigenvalue weighted by molar-refractivity contribution is 6.30. The minimum Gasteiger partial charge on any atom is -0.288 e. The summed E-state index contributed by atoms with van der Waals surface area (Å²) in [6, 6.07) is 12.4. The number of fused-ring (bicyclic) bond motifs is 1. The van der Waals surface area contributed by atoms with Crippen molar-refractivity contribution in [1.29, 1.82) is 0 Å². The van der Waals surface area contributed by atoms with Crippen LogP contribution in [-0.2, 0) is 0 Å². The molecule has 2 aromatic rings. The van der Waals surface area contributed by atoms with Crippen LogP contribution in [0.4, 0.5) is 0 Å². The largest absolute Gasteiger partial charge is 0.288 e. The fraction of sp³-hybridized carbons (Fsp3) is 0. The molecule has 1 heterocycles. The number of rotatable bonds is 1. The molecule has 1 aliphatic heterocycles. The molecule has 0 saturated heterocycles. The number of nitrogens with one attached hydrogen (secondary N) is 1. The highest BCUT2D eigenvalue weighted by Gasteiger charge is 2.29. The number of carbonyl (C=O) groups is 2. The molecule has 1 aliphatic rings. The highest BCUT2D eigenvalue weighted by Crippen LogP contribution is 2.29. The monoisotopic (exact) mass is 257 g/mol. The van der Waals surface area contributed by atoms with Crippen molar-refractivity contribution in [2.45, 2.75) is 0 Å². The van der Waals surface area contributed by atoms with Gasteiger partial charge in [0.1, 0.15) is 0 Å². The third-order valence-corrected chi connectivity index (χ3v) is 3.17. The van der Waals surface area contributed by atoms with E-state index < -0.39 is 0 Å². The summed E-state index contributed by atoms with van der Waals surface area (Å²) in [5.41, 5.74) is 2.46. The van der Waals surface area contributed by atoms with Crippen LogP contribution in [0.1, 0.15) is 20.7 Å². The maximum Gasteiger partial charge on any atom is 0.259 e. The van der Waals surface area contributed by atoms with Gasteiger partial charge < -0.3 is 0 Å². The molecular weight excluding hydrogens is 250 g/mol. The van der Waals surface area contributed by atoms with Crippen molar-refractivity contribution in [1.82, 2.24) is 5.32 Å². The summed E-state index contributed by atoms with van der Waals surface area (Å²) in [6.07, 6.45) is 0. The van der Waals surface area contributed by atoms with E-state index in [9.17, 15) is 9.59 Å². The molecule has 2 aromatic carbocycles. The first-order valence-corrected chi connectivity index (χ1v) is 5.79. The van der Waals surface area contributed by atoms with Gasteiger partial charge in [0.25, 0.3) is 11.8 Å². The molecule has 0 spiro atoms. The predicted molar refractivity (Wildman–Crippen MR) is 68.7 cm³/mol. The Morgan fingerprint density at radius 2 is 1.50 bits per heavy atom. The molecule has 0 atom stereocenters. The standard InChI is InChI=1S/C14H8ClNO2/c15-9-6-4-8(5-7-9)10-2-1-3-11-12(10)14(18)16-13(11)17/h1-7H,(H,16,17,18). The molecule has 0 saturated carbocycles. The second-order valence-corrected chi connectivity index (χ2v) is 4.45. The molecule has 4 heteroatoms. The molecule has 88 valence electrons. The van der Waals surface area contributed by atoms with Crippen LogP contribution >= 0.6 is 11.6 Å². The van der Waals surface area contributed by atoms with E-state index in [0.717, 1.165) is 11.1 Å². The van der Waals surface area contributed by atoms with Gasteiger partial charge in [0.2, 0.25) is 0 Å². The van der Waals surface area contributed by atoms with Gasteiger partial charge in [-0.25, -0.2) is 0 Å². The average molecular weight is 258 g/mol. The summed E-state index contributed by atoms with van der Waals surface area (Å²) in [4.78, 5) is 23.3. The average Bonchev–Trinajstić information content (AvgIpc) is 2.66. The lowest BCUT2D eigenvalue weighted by Crippen LogP contribution is -2.20. The van der Waals surface area contributed by atoms with E-state index >= 15 is 0 Å². The highest BCUT2D eigenvalue weighted by atomic mass is 35.5. The first-order valence-electron chi connectivity index (χ1n) is 5.41. The van der Waals surface area contributed by atoms with Gasteiger partial charge in [-0.1, -0.05) is 35.9 Å². The van der Waals surface area contributed by atoms with Gasteiger partial charge >= 0.3 is 0 Å². The van der Waals surface area contributed by atoms with Crippen LogP contribution in [0.25, 0.3) is 11.1 Å². The fourth-order valence-corrected chi connectivity index (χ4v) is 2.22. The van der Waals surface area contributed by atoms with Crippen molar-refractivity contribution in [2.24, 2.45) is 0 Å². The lowest BCUT2D eigenvalue weighted by Gasteiger charge is -2.05. The lowest BCUT2D eigenvalue weighted by atomic mass is 9.97. The molecule has 1 N–H and O–H groups in total. The van der Waals surface area contributed by atoms with E-state index in [-0.39, 0.29) is 11.8 Å². The van der Waals surface area contributed by atoms with Crippen molar-refractivity contribution >= 4 is 23.4 Å². The number of amides is 2. The summed E-state index contributed by atoms with van der Waals surface area (Å²) >= 11 is 5.83. The van der Waals surface area contributed by atoms with Crippen molar-refractivity contribution in [2.75, 3.05) is 0 Å². The van der Waals surface area contributed by atoms with E-state index in [2.05, 4.69) is 5.32 Å². The van der Waals surface area contributed by atoms with Crippen molar-refractivity contribution in [3.8, 4) is 11.1 Å². The number of hydrogen-bond acceptors (Lipinski definition) is 2. The molecule has 0 unspecified atom stereocenters. The van der Waals surface area contributed by atoms with Crippen LogP contribution in [0.2, 0.25) is 5.02 Å². The Bertz CT molecular complexity index is 662. The number of imide groups is 1. The van der Waals surface area contributed by atoms with Gasteiger partial charge in [0, 0.05) is 5.02 Å². The number of hydrogen-bond donors (Lipinski definition) is 1. The summed E-state index contributed by atoms with van der Waals surface area (Å²) in [5, 5.41) is 2.93.